The van der Waals surface area contributed by atoms with Gasteiger partial charge in [0.25, 0.3) is 5.91 Å². The predicted molar refractivity (Wildman–Crippen MR) is 154 cm³/mol. The third-order valence-corrected chi connectivity index (χ3v) is 7.60. The van der Waals surface area contributed by atoms with E-state index in [9.17, 15) is 22.8 Å². The highest BCUT2D eigenvalue weighted by Crippen LogP contribution is 2.34. The van der Waals surface area contributed by atoms with Crippen molar-refractivity contribution in [1.29, 1.82) is 0 Å². The van der Waals surface area contributed by atoms with Crippen molar-refractivity contribution in [2.75, 3.05) is 11.1 Å². The summed E-state index contributed by atoms with van der Waals surface area (Å²) in [5, 5.41) is 14.5. The van der Waals surface area contributed by atoms with Crippen LogP contribution in [0.15, 0.2) is 59.8 Å². The number of amides is 2. The van der Waals surface area contributed by atoms with Gasteiger partial charge in [-0.15, -0.1) is 10.2 Å². The average Bonchev–Trinajstić information content (AvgIpc) is 3.30. The van der Waals surface area contributed by atoms with Crippen molar-refractivity contribution in [3.05, 3.63) is 97.7 Å². The Morgan fingerprint density at radius 3 is 2.41 bits per heavy atom. The molecule has 0 atom stereocenters. The quantitative estimate of drug-likeness (QED) is 0.194. The highest BCUT2D eigenvalue weighted by molar-refractivity contribution is 7.99. The summed E-state index contributed by atoms with van der Waals surface area (Å²) in [5.74, 6) is -0.879. The monoisotopic (exact) mass is 641 g/mol. The Bertz CT molecular complexity index is 1630. The van der Waals surface area contributed by atoms with E-state index in [-0.39, 0.29) is 33.6 Å². The van der Waals surface area contributed by atoms with Gasteiger partial charge in [0, 0.05) is 5.02 Å². The summed E-state index contributed by atoms with van der Waals surface area (Å²) in [7, 11) is 0. The topological polar surface area (TPSA) is 88.9 Å². The van der Waals surface area contributed by atoms with Crippen LogP contribution in [-0.4, -0.2) is 32.3 Å². The lowest BCUT2D eigenvalue weighted by molar-refractivity contribution is -0.137. The second kappa shape index (κ2) is 12.7. The van der Waals surface area contributed by atoms with E-state index in [1.54, 1.807) is 10.6 Å². The van der Waals surface area contributed by atoms with Gasteiger partial charge in [-0.3, -0.25) is 14.2 Å². The predicted octanol–water partition coefficient (Wildman–Crippen LogP) is 7.52. The number of aromatic nitrogens is 3. The summed E-state index contributed by atoms with van der Waals surface area (Å²) in [5.41, 5.74) is 1.69. The van der Waals surface area contributed by atoms with Crippen molar-refractivity contribution in [3.63, 3.8) is 0 Å². The number of carbonyl (C=O) groups excluding carboxylic acids is 2. The van der Waals surface area contributed by atoms with Crippen molar-refractivity contribution in [3.8, 4) is 5.69 Å². The van der Waals surface area contributed by atoms with Gasteiger partial charge in [-0.2, -0.15) is 13.2 Å². The molecule has 0 radical (unpaired) electrons. The summed E-state index contributed by atoms with van der Waals surface area (Å²) in [6, 6.07) is 13.0. The second-order valence-corrected chi connectivity index (χ2v) is 11.1. The molecule has 0 fully saturated rings. The maximum atomic E-state index is 13.1. The van der Waals surface area contributed by atoms with E-state index < -0.39 is 23.6 Å². The molecule has 2 N–H and O–H groups in total. The lowest BCUT2D eigenvalue weighted by Crippen LogP contribution is -2.25. The van der Waals surface area contributed by atoms with Crippen LogP contribution in [0.25, 0.3) is 5.69 Å². The maximum absolute atomic E-state index is 13.1. The molecule has 214 valence electrons. The van der Waals surface area contributed by atoms with Crippen molar-refractivity contribution in [1.82, 2.24) is 20.1 Å². The first-order valence-electron chi connectivity index (χ1n) is 11.9. The Balaban J connectivity index is 1.56. The van der Waals surface area contributed by atoms with Gasteiger partial charge in [0.1, 0.15) is 0 Å². The first-order valence-corrected chi connectivity index (χ1v) is 14.0. The number of nitrogens with zero attached hydrogens (tertiary/aromatic N) is 3. The Kier molecular flexibility index (Phi) is 9.53. The molecule has 41 heavy (non-hydrogen) atoms. The molecule has 4 rings (SSSR count). The molecule has 14 heteroatoms. The number of nitrogens with one attached hydrogen (secondary N) is 2. The fraction of sp³-hybridized carbons (Fsp3) is 0.185. The molecule has 1 aromatic heterocycles. The third-order valence-electron chi connectivity index (χ3n) is 5.79. The molecule has 3 aromatic carbocycles. The largest absolute Gasteiger partial charge is 0.416 e. The Hall–Kier alpha value is -3.25. The Morgan fingerprint density at radius 1 is 0.951 bits per heavy atom. The number of aryl methyl sites for hydroxylation is 2. The zero-order chi connectivity index (χ0) is 29.9. The maximum Gasteiger partial charge on any atom is 0.416 e. The minimum atomic E-state index is -4.59. The normalized spacial score (nSPS) is 11.4. The number of halogens is 6. The van der Waals surface area contributed by atoms with Crippen LogP contribution in [0.2, 0.25) is 15.1 Å². The molecular weight excluding hydrogens is 622 g/mol. The van der Waals surface area contributed by atoms with Crippen LogP contribution >= 0.6 is 46.6 Å². The number of thioether (sulfide) groups is 1. The van der Waals surface area contributed by atoms with Gasteiger partial charge in [0.15, 0.2) is 11.0 Å². The van der Waals surface area contributed by atoms with Crippen LogP contribution in [0.5, 0.6) is 0 Å². The van der Waals surface area contributed by atoms with Gasteiger partial charge in [-0.1, -0.05) is 58.7 Å². The molecule has 0 aliphatic carbocycles. The summed E-state index contributed by atoms with van der Waals surface area (Å²) in [6.45, 7) is 3.78. The van der Waals surface area contributed by atoms with Crippen molar-refractivity contribution >= 4 is 64.1 Å². The SMILES string of the molecule is Cc1ccc(C)c(-n2c(CNC(=O)c3ccc(Cl)cc3Cl)nnc2SCC(=O)Nc2cc(C(F)(F)F)ccc2Cl)c1. The van der Waals surface area contributed by atoms with E-state index in [0.717, 1.165) is 46.8 Å². The molecule has 7 nitrogen and oxygen atoms in total. The molecule has 0 aliphatic heterocycles. The van der Waals surface area contributed by atoms with Gasteiger partial charge in [-0.05, 0) is 67.4 Å². The molecule has 0 saturated heterocycles. The van der Waals surface area contributed by atoms with Crippen LogP contribution in [0.3, 0.4) is 0 Å². The highest BCUT2D eigenvalue weighted by atomic mass is 35.5. The average molecular weight is 643 g/mol. The zero-order valence-corrected chi connectivity index (χ0v) is 24.5. The second-order valence-electron chi connectivity index (χ2n) is 8.86. The first-order chi connectivity index (χ1) is 19.3. The highest BCUT2D eigenvalue weighted by Gasteiger charge is 2.31. The molecule has 1 heterocycles. The number of anilines is 1. The summed E-state index contributed by atoms with van der Waals surface area (Å²) < 4.78 is 41.0. The number of hydrogen-bond acceptors (Lipinski definition) is 5. The van der Waals surface area contributed by atoms with E-state index in [4.69, 9.17) is 34.8 Å². The van der Waals surface area contributed by atoms with Crippen molar-refractivity contribution < 1.29 is 22.8 Å². The number of rotatable bonds is 8. The lowest BCUT2D eigenvalue weighted by atomic mass is 10.1. The third kappa shape index (κ3) is 7.53. The molecular formula is C27H21Cl3F3N5O2S. The van der Waals surface area contributed by atoms with Crippen molar-refractivity contribution in [2.45, 2.75) is 31.7 Å². The van der Waals surface area contributed by atoms with Crippen molar-refractivity contribution in [2.24, 2.45) is 0 Å². The lowest BCUT2D eigenvalue weighted by Gasteiger charge is -2.15. The molecule has 0 bridgehead atoms. The number of carbonyl (C=O) groups is 2. The van der Waals surface area contributed by atoms with E-state index in [1.807, 2.05) is 32.0 Å². The van der Waals surface area contributed by atoms with Gasteiger partial charge in [0.2, 0.25) is 5.91 Å². The standard InChI is InChI=1S/C27H21Cl3F3N5O2S/c1-14-3-4-15(2)22(9-14)38-23(12-34-25(40)18-7-6-17(28)11-20(18)30)36-37-26(38)41-13-24(39)35-21-10-16(27(31,32)33)5-8-19(21)29/h3-11H,12-13H2,1-2H3,(H,34,40)(H,35,39). The molecule has 4 aromatic rings. The fourth-order valence-electron chi connectivity index (χ4n) is 3.75. The van der Waals surface area contributed by atoms with Crippen LogP contribution in [0.1, 0.15) is 32.9 Å². The van der Waals surface area contributed by atoms with Crippen LogP contribution in [0.4, 0.5) is 18.9 Å². The van der Waals surface area contributed by atoms with E-state index in [0.29, 0.717) is 16.0 Å². The fourth-order valence-corrected chi connectivity index (χ4v) is 5.18. The first kappa shape index (κ1) is 30.7. The number of hydrogen-bond donors (Lipinski definition) is 2. The number of benzene rings is 3. The molecule has 0 unspecified atom stereocenters. The van der Waals surface area contributed by atoms with E-state index >= 15 is 0 Å². The van der Waals surface area contributed by atoms with Crippen LogP contribution in [-0.2, 0) is 17.5 Å². The van der Waals surface area contributed by atoms with Gasteiger partial charge < -0.3 is 10.6 Å². The van der Waals surface area contributed by atoms with E-state index in [1.165, 1.54) is 12.1 Å². The number of alkyl halides is 3. The summed E-state index contributed by atoms with van der Waals surface area (Å²) in [6.07, 6.45) is -4.59. The summed E-state index contributed by atoms with van der Waals surface area (Å²) in [4.78, 5) is 25.5. The molecule has 0 spiro atoms. The smallest absolute Gasteiger partial charge is 0.345 e. The molecule has 0 aliphatic rings. The van der Waals surface area contributed by atoms with Gasteiger partial charge in [0.05, 0.1) is 44.8 Å². The van der Waals surface area contributed by atoms with Gasteiger partial charge in [-0.25, -0.2) is 0 Å². The minimum absolute atomic E-state index is 0.0230. The zero-order valence-electron chi connectivity index (χ0n) is 21.4. The molecule has 2 amide bonds. The van der Waals surface area contributed by atoms with Crippen LogP contribution in [0, 0.1) is 13.8 Å². The van der Waals surface area contributed by atoms with Crippen LogP contribution < -0.4 is 10.6 Å². The van der Waals surface area contributed by atoms with Gasteiger partial charge >= 0.3 is 6.18 Å². The van der Waals surface area contributed by atoms with E-state index in [2.05, 4.69) is 20.8 Å². The minimum Gasteiger partial charge on any atom is -0.345 e. The summed E-state index contributed by atoms with van der Waals surface area (Å²) >= 11 is 19.1. The Morgan fingerprint density at radius 2 is 1.71 bits per heavy atom. The molecule has 0 saturated carbocycles. The Labute approximate surface area is 252 Å².